The lowest BCUT2D eigenvalue weighted by Gasteiger charge is -2.40. The Morgan fingerprint density at radius 2 is 0.818 bits per heavy atom. The van der Waals surface area contributed by atoms with Gasteiger partial charge in [-0.15, -0.1) is 0 Å². The Balaban J connectivity index is 2.74. The number of aliphatic hydroxyl groups excluding tert-OH is 2. The highest BCUT2D eigenvalue weighted by Gasteiger charge is 2.50. The van der Waals surface area contributed by atoms with Crippen LogP contribution in [0.4, 0.5) is 0 Å². The van der Waals surface area contributed by atoms with Gasteiger partial charge in [-0.05, 0) is 128 Å². The molecule has 1 fully saturated rings. The van der Waals surface area contributed by atoms with Crippen molar-refractivity contribution in [2.75, 3.05) is 13.2 Å². The lowest BCUT2D eigenvalue weighted by Crippen LogP contribution is -2.61. The van der Waals surface area contributed by atoms with Crippen molar-refractivity contribution in [2.24, 2.45) is 0 Å². The molecule has 77 heavy (non-hydrogen) atoms. The van der Waals surface area contributed by atoms with Crippen LogP contribution in [0.2, 0.25) is 0 Å². The Hall–Kier alpha value is -4.88. The summed E-state index contributed by atoms with van der Waals surface area (Å²) in [6.45, 7) is 5.67. The van der Waals surface area contributed by atoms with E-state index in [-0.39, 0.29) is 25.9 Å². The number of hydrogen-bond donors (Lipinski definition) is 3. The van der Waals surface area contributed by atoms with Gasteiger partial charge in [-0.25, -0.2) is 4.79 Å². The number of carbonyl (C=O) groups is 4. The van der Waals surface area contributed by atoms with Crippen LogP contribution in [0.15, 0.2) is 122 Å². The van der Waals surface area contributed by atoms with E-state index >= 15 is 0 Å². The summed E-state index contributed by atoms with van der Waals surface area (Å²) in [7, 11) is 0. The molecule has 12 nitrogen and oxygen atoms in total. The van der Waals surface area contributed by atoms with E-state index in [1.807, 2.05) is 0 Å². The molecule has 12 heteroatoms. The van der Waals surface area contributed by atoms with Crippen molar-refractivity contribution in [1.82, 2.24) is 0 Å². The van der Waals surface area contributed by atoms with Gasteiger partial charge in [0.2, 0.25) is 0 Å². The van der Waals surface area contributed by atoms with Gasteiger partial charge in [0.1, 0.15) is 18.8 Å². The predicted octanol–water partition coefficient (Wildman–Crippen LogP) is 15.2. The Kier molecular flexibility index (Phi) is 47.2. The smallest absolute Gasteiger partial charge is 0.335 e. The van der Waals surface area contributed by atoms with Gasteiger partial charge in [-0.2, -0.15) is 0 Å². The van der Waals surface area contributed by atoms with Gasteiger partial charge in [-0.1, -0.05) is 187 Å². The minimum Gasteiger partial charge on any atom is -0.479 e. The maximum Gasteiger partial charge on any atom is 0.335 e. The molecule has 434 valence electrons. The fourth-order valence-corrected chi connectivity index (χ4v) is 8.02. The van der Waals surface area contributed by atoms with Crippen LogP contribution in [-0.2, 0) is 42.9 Å². The molecule has 0 aromatic rings. The van der Waals surface area contributed by atoms with Gasteiger partial charge in [0.05, 0.1) is 6.61 Å². The zero-order valence-corrected chi connectivity index (χ0v) is 47.7. The summed E-state index contributed by atoms with van der Waals surface area (Å²) in [5, 5.41) is 31.5. The van der Waals surface area contributed by atoms with E-state index in [0.29, 0.717) is 19.3 Å². The summed E-state index contributed by atoms with van der Waals surface area (Å²) in [6, 6.07) is 0. The molecule has 1 saturated heterocycles. The zero-order valence-electron chi connectivity index (χ0n) is 47.7. The van der Waals surface area contributed by atoms with Crippen LogP contribution in [0.3, 0.4) is 0 Å². The molecular weight excluding hydrogens is 973 g/mol. The number of allylic oxidation sites excluding steroid dienone is 20. The summed E-state index contributed by atoms with van der Waals surface area (Å²) >= 11 is 0. The van der Waals surface area contributed by atoms with Crippen LogP contribution in [0.1, 0.15) is 213 Å². The van der Waals surface area contributed by atoms with Crippen molar-refractivity contribution in [3.8, 4) is 0 Å². The topological polar surface area (TPSA) is 175 Å². The molecule has 1 aliphatic rings. The first kappa shape index (κ1) is 70.1. The maximum absolute atomic E-state index is 13.1. The van der Waals surface area contributed by atoms with Crippen LogP contribution in [-0.4, -0.2) is 89.2 Å². The van der Waals surface area contributed by atoms with E-state index in [9.17, 15) is 34.5 Å². The number of aliphatic carboxylic acids is 1. The summed E-state index contributed by atoms with van der Waals surface area (Å²) in [5.74, 6) is -3.24. The van der Waals surface area contributed by atoms with Crippen LogP contribution in [0.25, 0.3) is 0 Å². The van der Waals surface area contributed by atoms with Gasteiger partial charge in [0, 0.05) is 19.3 Å². The molecule has 6 unspecified atom stereocenters. The quantitative estimate of drug-likeness (QED) is 0.0228. The summed E-state index contributed by atoms with van der Waals surface area (Å²) < 4.78 is 28.3. The fraction of sp³-hybridized carbons (Fsp3) is 0.631. The number of rotatable bonds is 48. The van der Waals surface area contributed by atoms with Crippen LogP contribution >= 0.6 is 0 Å². The van der Waals surface area contributed by atoms with Gasteiger partial charge >= 0.3 is 23.9 Å². The number of aliphatic hydroxyl groups is 2. The third-order valence-corrected chi connectivity index (χ3v) is 12.5. The second-order valence-corrected chi connectivity index (χ2v) is 19.5. The fourth-order valence-electron chi connectivity index (χ4n) is 8.02. The van der Waals surface area contributed by atoms with E-state index in [1.54, 1.807) is 0 Å². The maximum atomic E-state index is 13.1. The molecule has 1 rings (SSSR count). The molecule has 0 aromatic carbocycles. The monoisotopic (exact) mass is 1070 g/mol. The van der Waals surface area contributed by atoms with Crippen molar-refractivity contribution in [3.05, 3.63) is 122 Å². The molecule has 0 spiro atoms. The van der Waals surface area contributed by atoms with E-state index < -0.39 is 67.3 Å². The number of unbranched alkanes of at least 4 members (excludes halogenated alkanes) is 14. The predicted molar refractivity (Wildman–Crippen MR) is 312 cm³/mol. The Morgan fingerprint density at radius 3 is 1.26 bits per heavy atom. The number of ether oxygens (including phenoxy) is 5. The van der Waals surface area contributed by atoms with Crippen LogP contribution in [0.5, 0.6) is 0 Å². The van der Waals surface area contributed by atoms with Gasteiger partial charge in [0.15, 0.2) is 24.6 Å². The van der Waals surface area contributed by atoms with Crippen molar-refractivity contribution in [1.29, 1.82) is 0 Å². The average molecular weight is 1080 g/mol. The lowest BCUT2D eigenvalue weighted by atomic mass is 9.98. The van der Waals surface area contributed by atoms with E-state index in [2.05, 4.69) is 142 Å². The first-order chi connectivity index (χ1) is 37.6. The van der Waals surface area contributed by atoms with E-state index in [4.69, 9.17) is 23.7 Å². The molecule has 6 atom stereocenters. The molecule has 1 aliphatic heterocycles. The lowest BCUT2D eigenvalue weighted by molar-refractivity contribution is -0.301. The summed E-state index contributed by atoms with van der Waals surface area (Å²) in [6.07, 6.45) is 58.8. The molecule has 0 radical (unpaired) electrons. The molecule has 0 saturated carbocycles. The van der Waals surface area contributed by atoms with Crippen molar-refractivity contribution in [3.63, 3.8) is 0 Å². The van der Waals surface area contributed by atoms with Crippen LogP contribution in [0, 0.1) is 0 Å². The first-order valence-corrected chi connectivity index (χ1v) is 29.5. The number of hydrogen-bond acceptors (Lipinski definition) is 11. The third kappa shape index (κ3) is 41.8. The summed E-state index contributed by atoms with van der Waals surface area (Å²) in [5.41, 5.74) is 0. The number of carbonyl (C=O) groups excluding carboxylic acids is 3. The first-order valence-electron chi connectivity index (χ1n) is 29.5. The van der Waals surface area contributed by atoms with E-state index in [0.717, 1.165) is 135 Å². The number of carboxylic acid groups (broad SMARTS) is 1. The molecule has 3 N–H and O–H groups in total. The number of esters is 3. The highest BCUT2D eigenvalue weighted by Crippen LogP contribution is 2.26. The van der Waals surface area contributed by atoms with Crippen molar-refractivity contribution < 1.29 is 58.2 Å². The van der Waals surface area contributed by atoms with Gasteiger partial charge in [0.25, 0.3) is 0 Å². The SMILES string of the molecule is CC/C=C\C/C=C\C/C=C\C/C=C\C/C=C\CCCCCC(=O)OC1C(OCC(COC(=O)CCCCCCC/C=C\C/C=C\CCCCC)OC(=O)CCCCC/C=C\C/C=C\C/C=C\CC)OC(C(=O)O)C(O)C1O. The van der Waals surface area contributed by atoms with Crippen molar-refractivity contribution >= 4 is 23.9 Å². The average Bonchev–Trinajstić information content (AvgIpc) is 3.42. The minimum absolute atomic E-state index is 0.00971. The standard InChI is InChI=1S/C65H102O12/c1-4-7-10-13-16-19-22-25-27-28-29-30-32-35-38-41-44-47-50-53-59(68)76-63-61(70)60(69)62(64(71)72)77-65(63)74-55-56(75-58(67)52-49-46-43-40-37-33-24-21-18-15-12-9-6-3)54-73-57(66)51-48-45-42-39-36-34-31-26-23-20-17-14-11-8-5-2/h7,9-10,12,16-21,25-27,29-31,33,35,37-38,56,60-63,65,69-70H,4-6,8,11,13-15,22-24,28,32,34,36,39-55H2,1-3H3,(H,71,72)/b10-7-,12-9-,19-16-,20-17-,21-18-,27-25-,30-29-,31-26-,37-33-,38-35-. The largest absolute Gasteiger partial charge is 0.479 e. The highest BCUT2D eigenvalue weighted by atomic mass is 16.7. The molecule has 0 amide bonds. The van der Waals surface area contributed by atoms with E-state index in [1.165, 1.54) is 19.3 Å². The third-order valence-electron chi connectivity index (χ3n) is 12.5. The Morgan fingerprint density at radius 1 is 0.442 bits per heavy atom. The number of carboxylic acids is 1. The zero-order chi connectivity index (χ0) is 56.1. The normalized spacial score (nSPS) is 18.9. The molecule has 0 aliphatic carbocycles. The molecule has 0 bridgehead atoms. The van der Waals surface area contributed by atoms with Gasteiger partial charge in [-0.3, -0.25) is 14.4 Å². The molecule has 0 aromatic heterocycles. The molecule has 1 heterocycles. The summed E-state index contributed by atoms with van der Waals surface area (Å²) in [4.78, 5) is 51.1. The Labute approximate surface area is 465 Å². The second-order valence-electron chi connectivity index (χ2n) is 19.5. The highest BCUT2D eigenvalue weighted by molar-refractivity contribution is 5.74. The van der Waals surface area contributed by atoms with Gasteiger partial charge < -0.3 is 39.0 Å². The van der Waals surface area contributed by atoms with Crippen LogP contribution < -0.4 is 0 Å². The molecular formula is C65H102O12. The minimum atomic E-state index is -1.93. The van der Waals surface area contributed by atoms with Crippen molar-refractivity contribution in [2.45, 2.75) is 250 Å². The Bertz CT molecular complexity index is 1800. The second kappa shape index (κ2) is 51.9.